The van der Waals surface area contributed by atoms with Gasteiger partial charge in [0.05, 0.1) is 6.26 Å². The second-order valence-corrected chi connectivity index (χ2v) is 8.81. The zero-order valence-corrected chi connectivity index (χ0v) is 19.6. The number of furan rings is 1. The average molecular weight is 477 g/mol. The smallest absolute Gasteiger partial charge is 0.286 e. The van der Waals surface area contributed by atoms with Crippen molar-refractivity contribution in [2.45, 2.75) is 32.9 Å². The van der Waals surface area contributed by atoms with E-state index in [4.69, 9.17) is 9.15 Å². The molecule has 2 amide bonds. The maximum atomic E-state index is 12.5. The topological polar surface area (TPSA) is 106 Å². The number of aromatic nitrogens is 2. The van der Waals surface area contributed by atoms with E-state index in [0.29, 0.717) is 22.7 Å². The summed E-state index contributed by atoms with van der Waals surface area (Å²) in [7, 11) is 0. The molecule has 174 valence electrons. The van der Waals surface area contributed by atoms with E-state index in [-0.39, 0.29) is 29.5 Å². The molecular formula is C25H24N4O4S. The Kier molecular flexibility index (Phi) is 7.34. The molecule has 0 fully saturated rings. The van der Waals surface area contributed by atoms with Crippen LogP contribution in [0.1, 0.15) is 43.4 Å². The molecule has 0 spiro atoms. The Morgan fingerprint density at radius 1 is 1.03 bits per heavy atom. The lowest BCUT2D eigenvalue weighted by Gasteiger charge is -2.13. The van der Waals surface area contributed by atoms with Crippen LogP contribution in [0.2, 0.25) is 0 Å². The Bertz CT molecular complexity index is 1250. The minimum atomic E-state index is -0.371. The van der Waals surface area contributed by atoms with Crippen LogP contribution < -0.4 is 15.4 Å². The molecule has 0 bridgehead atoms. The quantitative estimate of drug-likeness (QED) is 0.365. The Labute approximate surface area is 201 Å². The summed E-state index contributed by atoms with van der Waals surface area (Å²) < 4.78 is 11.1. The highest BCUT2D eigenvalue weighted by Gasteiger charge is 2.15. The molecule has 2 N–H and O–H groups in total. The number of nitrogens with one attached hydrogen (secondary N) is 2. The van der Waals surface area contributed by atoms with E-state index < -0.39 is 0 Å². The van der Waals surface area contributed by atoms with Crippen LogP contribution in [0.4, 0.5) is 5.69 Å². The summed E-state index contributed by atoms with van der Waals surface area (Å²) >= 11 is 1.17. The third kappa shape index (κ3) is 6.08. The molecule has 2 aromatic carbocycles. The largest absolute Gasteiger partial charge is 0.486 e. The van der Waals surface area contributed by atoms with Gasteiger partial charge in [-0.3, -0.25) is 9.59 Å². The molecule has 1 atom stereocenters. The maximum absolute atomic E-state index is 12.5. The normalized spacial score (nSPS) is 11.6. The van der Waals surface area contributed by atoms with Gasteiger partial charge in [-0.15, -0.1) is 10.2 Å². The Balaban J connectivity index is 1.29. The van der Waals surface area contributed by atoms with Crippen LogP contribution in [0.3, 0.4) is 0 Å². The van der Waals surface area contributed by atoms with E-state index >= 15 is 0 Å². The van der Waals surface area contributed by atoms with Gasteiger partial charge < -0.3 is 19.8 Å². The van der Waals surface area contributed by atoms with E-state index in [1.165, 1.54) is 11.3 Å². The van der Waals surface area contributed by atoms with Gasteiger partial charge in [-0.25, -0.2) is 0 Å². The van der Waals surface area contributed by atoms with Gasteiger partial charge in [0.15, 0.2) is 5.01 Å². The first kappa shape index (κ1) is 23.2. The van der Waals surface area contributed by atoms with Gasteiger partial charge in [0.25, 0.3) is 11.8 Å². The molecule has 8 nitrogen and oxygen atoms in total. The fraction of sp³-hybridized carbons (Fsp3) is 0.200. The van der Waals surface area contributed by atoms with Gasteiger partial charge in [-0.2, -0.15) is 0 Å². The lowest BCUT2D eigenvalue weighted by molar-refractivity contribution is 0.0938. The van der Waals surface area contributed by atoms with Crippen molar-refractivity contribution in [1.82, 2.24) is 15.5 Å². The van der Waals surface area contributed by atoms with Crippen LogP contribution >= 0.6 is 11.3 Å². The van der Waals surface area contributed by atoms with E-state index in [9.17, 15) is 9.59 Å². The first-order valence-corrected chi connectivity index (χ1v) is 11.5. The standard InChI is InChI=1S/C25H24N4O4S/c1-16-6-3-4-8-21(16)33-15-22-28-29-25(34-22)24(31)27-19-11-9-18(10-12-19)23(30)26-17(2)14-20-7-5-13-32-20/h3-13,17H,14-15H2,1-2H3,(H,26,30)(H,27,31)/t17-/m0/s1. The molecule has 2 aromatic heterocycles. The number of anilines is 1. The number of carbonyl (C=O) groups excluding carboxylic acids is 2. The van der Waals surface area contributed by atoms with Crippen molar-refractivity contribution in [2.75, 3.05) is 5.32 Å². The number of hydrogen-bond acceptors (Lipinski definition) is 7. The summed E-state index contributed by atoms with van der Waals surface area (Å²) in [6.45, 7) is 4.11. The zero-order chi connectivity index (χ0) is 23.9. The average Bonchev–Trinajstić information content (AvgIpc) is 3.51. The Morgan fingerprint density at radius 3 is 2.56 bits per heavy atom. The van der Waals surface area contributed by atoms with Crippen LogP contribution in [-0.4, -0.2) is 28.1 Å². The molecule has 0 aliphatic carbocycles. The summed E-state index contributed by atoms with van der Waals surface area (Å²) in [4.78, 5) is 25.0. The van der Waals surface area contributed by atoms with Crippen LogP contribution in [-0.2, 0) is 13.0 Å². The fourth-order valence-electron chi connectivity index (χ4n) is 3.24. The van der Waals surface area contributed by atoms with Crippen molar-refractivity contribution < 1.29 is 18.7 Å². The predicted octanol–water partition coefficient (Wildman–Crippen LogP) is 4.63. The van der Waals surface area contributed by atoms with Crippen LogP contribution in [0.5, 0.6) is 5.75 Å². The molecule has 9 heteroatoms. The van der Waals surface area contributed by atoms with Crippen molar-refractivity contribution in [3.05, 3.63) is 93.8 Å². The van der Waals surface area contributed by atoms with Gasteiger partial charge in [-0.05, 0) is 61.9 Å². The van der Waals surface area contributed by atoms with Gasteiger partial charge in [0, 0.05) is 23.7 Å². The summed E-state index contributed by atoms with van der Waals surface area (Å²) in [5.41, 5.74) is 2.07. The monoisotopic (exact) mass is 476 g/mol. The van der Waals surface area contributed by atoms with E-state index in [0.717, 1.165) is 17.1 Å². The third-order valence-corrected chi connectivity index (χ3v) is 5.87. The summed E-state index contributed by atoms with van der Waals surface area (Å²) in [6, 6.07) is 18.0. The minimum absolute atomic E-state index is 0.0839. The number of hydrogen-bond donors (Lipinski definition) is 2. The zero-order valence-electron chi connectivity index (χ0n) is 18.8. The van der Waals surface area contributed by atoms with Crippen molar-refractivity contribution in [3.63, 3.8) is 0 Å². The van der Waals surface area contributed by atoms with E-state index in [1.54, 1.807) is 30.5 Å². The van der Waals surface area contributed by atoms with Gasteiger partial charge in [0.2, 0.25) is 5.01 Å². The Hall–Kier alpha value is -3.98. The molecule has 4 aromatic rings. The van der Waals surface area contributed by atoms with Crippen LogP contribution in [0.15, 0.2) is 71.3 Å². The van der Waals surface area contributed by atoms with Crippen LogP contribution in [0.25, 0.3) is 0 Å². The highest BCUT2D eigenvalue weighted by atomic mass is 32.1. The number of amides is 2. The number of benzene rings is 2. The lowest BCUT2D eigenvalue weighted by atomic mass is 10.1. The number of nitrogens with zero attached hydrogens (tertiary/aromatic N) is 2. The highest BCUT2D eigenvalue weighted by Crippen LogP contribution is 2.20. The minimum Gasteiger partial charge on any atom is -0.486 e. The highest BCUT2D eigenvalue weighted by molar-refractivity contribution is 7.13. The first-order valence-electron chi connectivity index (χ1n) is 10.7. The molecule has 0 saturated carbocycles. The second-order valence-electron chi connectivity index (χ2n) is 7.74. The molecule has 2 heterocycles. The molecule has 0 radical (unpaired) electrons. The number of ether oxygens (including phenoxy) is 1. The number of rotatable bonds is 9. The third-order valence-electron chi connectivity index (χ3n) is 4.98. The first-order chi connectivity index (χ1) is 16.5. The fourth-order valence-corrected chi connectivity index (χ4v) is 3.89. The van der Waals surface area contributed by atoms with Crippen molar-refractivity contribution in [1.29, 1.82) is 0 Å². The summed E-state index contributed by atoms with van der Waals surface area (Å²) in [5, 5.41) is 14.5. The summed E-state index contributed by atoms with van der Waals surface area (Å²) in [6.07, 6.45) is 2.21. The molecule has 4 rings (SSSR count). The molecule has 34 heavy (non-hydrogen) atoms. The number of aryl methyl sites for hydroxylation is 1. The van der Waals surface area contributed by atoms with Gasteiger partial charge >= 0.3 is 0 Å². The van der Waals surface area contributed by atoms with Crippen molar-refractivity contribution in [3.8, 4) is 5.75 Å². The SMILES string of the molecule is Cc1ccccc1OCc1nnc(C(=O)Nc2ccc(C(=O)N[C@@H](C)Cc3ccco3)cc2)s1. The summed E-state index contributed by atoms with van der Waals surface area (Å²) in [5.74, 6) is 1.01. The second kappa shape index (κ2) is 10.8. The number of carbonyl (C=O) groups is 2. The molecule has 0 saturated heterocycles. The van der Waals surface area contributed by atoms with Crippen molar-refractivity contribution >= 4 is 28.8 Å². The van der Waals surface area contributed by atoms with Crippen LogP contribution in [0, 0.1) is 6.92 Å². The molecule has 0 aliphatic heterocycles. The maximum Gasteiger partial charge on any atom is 0.286 e. The van der Waals surface area contributed by atoms with Crippen molar-refractivity contribution in [2.24, 2.45) is 0 Å². The van der Waals surface area contributed by atoms with E-state index in [1.807, 2.05) is 50.2 Å². The lowest BCUT2D eigenvalue weighted by Crippen LogP contribution is -2.33. The molecule has 0 aliphatic rings. The van der Waals surface area contributed by atoms with E-state index in [2.05, 4.69) is 20.8 Å². The van der Waals surface area contributed by atoms with Gasteiger partial charge in [0.1, 0.15) is 18.1 Å². The number of para-hydroxylation sites is 1. The molecular weight excluding hydrogens is 452 g/mol. The Morgan fingerprint density at radius 2 is 1.82 bits per heavy atom. The van der Waals surface area contributed by atoms with Gasteiger partial charge in [-0.1, -0.05) is 29.5 Å². The molecule has 0 unspecified atom stereocenters. The predicted molar refractivity (Wildman–Crippen MR) is 129 cm³/mol.